The van der Waals surface area contributed by atoms with Crippen LogP contribution in [0.5, 0.6) is 0 Å². The quantitative estimate of drug-likeness (QED) is 0.921. The minimum absolute atomic E-state index is 0.222. The van der Waals surface area contributed by atoms with Gasteiger partial charge >= 0.3 is 0 Å². The molecular weight excluding hydrogens is 334 g/mol. The molecule has 21 heavy (non-hydrogen) atoms. The van der Waals surface area contributed by atoms with Crippen molar-refractivity contribution in [2.75, 3.05) is 18.0 Å². The van der Waals surface area contributed by atoms with Crippen LogP contribution in [0.1, 0.15) is 29.0 Å². The van der Waals surface area contributed by atoms with Crippen molar-refractivity contribution in [2.24, 2.45) is 0 Å². The highest BCUT2D eigenvalue weighted by molar-refractivity contribution is 9.10. The van der Waals surface area contributed by atoms with Crippen LogP contribution in [0.3, 0.4) is 0 Å². The smallest absolute Gasteiger partial charge is 0.287 e. The van der Waals surface area contributed by atoms with Crippen molar-refractivity contribution in [1.29, 1.82) is 0 Å². The van der Waals surface area contributed by atoms with Crippen molar-refractivity contribution in [3.8, 4) is 0 Å². The molecule has 0 aromatic carbocycles. The fourth-order valence-corrected chi connectivity index (χ4v) is 2.70. The van der Waals surface area contributed by atoms with Crippen LogP contribution < -0.4 is 10.2 Å². The van der Waals surface area contributed by atoms with E-state index in [0.29, 0.717) is 17.0 Å². The summed E-state index contributed by atoms with van der Waals surface area (Å²) in [5, 5.41) is 2.85. The molecule has 1 aliphatic rings. The molecule has 110 valence electrons. The number of anilines is 1. The number of pyridine rings is 1. The van der Waals surface area contributed by atoms with Gasteiger partial charge in [-0.2, -0.15) is 0 Å². The van der Waals surface area contributed by atoms with Crippen LogP contribution in [0, 0.1) is 0 Å². The van der Waals surface area contributed by atoms with Gasteiger partial charge in [-0.15, -0.1) is 0 Å². The molecule has 2 aromatic heterocycles. The molecule has 0 unspecified atom stereocenters. The van der Waals surface area contributed by atoms with Gasteiger partial charge in [-0.05, 0) is 58.6 Å². The highest BCUT2D eigenvalue weighted by atomic mass is 79.9. The molecule has 0 radical (unpaired) electrons. The monoisotopic (exact) mass is 349 g/mol. The summed E-state index contributed by atoms with van der Waals surface area (Å²) in [4.78, 5) is 18.6. The first kappa shape index (κ1) is 14.1. The van der Waals surface area contributed by atoms with Crippen LogP contribution in [-0.4, -0.2) is 24.0 Å². The molecule has 0 aliphatic carbocycles. The van der Waals surface area contributed by atoms with E-state index in [4.69, 9.17) is 4.42 Å². The van der Waals surface area contributed by atoms with Crippen molar-refractivity contribution in [3.05, 3.63) is 46.5 Å². The van der Waals surface area contributed by atoms with Crippen molar-refractivity contribution >= 4 is 27.7 Å². The number of amides is 1. The molecule has 3 rings (SSSR count). The topological polar surface area (TPSA) is 58.4 Å². The van der Waals surface area contributed by atoms with Crippen molar-refractivity contribution in [3.63, 3.8) is 0 Å². The first-order valence-corrected chi connectivity index (χ1v) is 7.75. The van der Waals surface area contributed by atoms with Gasteiger partial charge in [-0.1, -0.05) is 0 Å². The van der Waals surface area contributed by atoms with Crippen LogP contribution in [0.2, 0.25) is 0 Å². The van der Waals surface area contributed by atoms with Gasteiger partial charge in [-0.3, -0.25) is 4.79 Å². The number of halogens is 1. The normalized spacial score (nSPS) is 14.4. The standard InChI is InChI=1S/C15H16BrN3O2/c16-13-4-3-12(21-13)15(20)18-10-11-5-6-17-14(9-11)19-7-1-2-8-19/h3-6,9H,1-2,7-8,10H2,(H,18,20). The lowest BCUT2D eigenvalue weighted by Crippen LogP contribution is -2.23. The van der Waals surface area contributed by atoms with Gasteiger partial charge in [0.05, 0.1) is 0 Å². The molecule has 6 heteroatoms. The maximum Gasteiger partial charge on any atom is 0.287 e. The Balaban J connectivity index is 1.62. The van der Waals surface area contributed by atoms with Gasteiger partial charge in [0, 0.05) is 25.8 Å². The average Bonchev–Trinajstić information content (AvgIpc) is 3.16. The van der Waals surface area contributed by atoms with Crippen molar-refractivity contribution in [2.45, 2.75) is 19.4 Å². The van der Waals surface area contributed by atoms with E-state index in [1.165, 1.54) is 12.8 Å². The predicted molar refractivity (Wildman–Crippen MR) is 83.3 cm³/mol. The number of nitrogens with zero attached hydrogens (tertiary/aromatic N) is 2. The SMILES string of the molecule is O=C(NCc1ccnc(N2CCCC2)c1)c1ccc(Br)o1. The van der Waals surface area contributed by atoms with Gasteiger partial charge in [-0.25, -0.2) is 4.98 Å². The Hall–Kier alpha value is -1.82. The summed E-state index contributed by atoms with van der Waals surface area (Å²) in [6.45, 7) is 2.58. The van der Waals surface area contributed by atoms with Crippen LogP contribution in [0.25, 0.3) is 0 Å². The summed E-state index contributed by atoms with van der Waals surface area (Å²) < 4.78 is 5.77. The highest BCUT2D eigenvalue weighted by Gasteiger charge is 2.14. The van der Waals surface area contributed by atoms with E-state index in [-0.39, 0.29) is 5.91 Å². The Morgan fingerprint density at radius 3 is 2.86 bits per heavy atom. The summed E-state index contributed by atoms with van der Waals surface area (Å²) in [5.74, 6) is 1.07. The molecule has 0 spiro atoms. The van der Waals surface area contributed by atoms with Gasteiger partial charge in [0.15, 0.2) is 10.4 Å². The molecule has 1 fully saturated rings. The van der Waals surface area contributed by atoms with Crippen LogP contribution in [-0.2, 0) is 6.54 Å². The number of aromatic nitrogens is 1. The second-order valence-corrected chi connectivity index (χ2v) is 5.78. The fraction of sp³-hybridized carbons (Fsp3) is 0.333. The Bertz CT molecular complexity index is 635. The zero-order valence-electron chi connectivity index (χ0n) is 11.5. The number of hydrogen-bond donors (Lipinski definition) is 1. The second kappa shape index (κ2) is 6.30. The van der Waals surface area contributed by atoms with Crippen LogP contribution in [0.4, 0.5) is 5.82 Å². The number of furan rings is 1. The number of carbonyl (C=O) groups excluding carboxylic acids is 1. The van der Waals surface area contributed by atoms with E-state index in [0.717, 1.165) is 24.5 Å². The largest absolute Gasteiger partial charge is 0.444 e. The summed E-state index contributed by atoms with van der Waals surface area (Å²) in [6, 6.07) is 7.29. The van der Waals surface area contributed by atoms with Gasteiger partial charge in [0.2, 0.25) is 0 Å². The van der Waals surface area contributed by atoms with Crippen LogP contribution in [0.15, 0.2) is 39.5 Å². The average molecular weight is 350 g/mol. The number of carbonyl (C=O) groups is 1. The van der Waals surface area contributed by atoms with E-state index in [1.807, 2.05) is 12.1 Å². The summed E-state index contributed by atoms with van der Waals surface area (Å²) in [6.07, 6.45) is 4.23. The molecule has 2 aromatic rings. The minimum Gasteiger partial charge on any atom is -0.444 e. The molecule has 1 amide bonds. The second-order valence-electron chi connectivity index (χ2n) is 5.00. The zero-order valence-corrected chi connectivity index (χ0v) is 13.1. The zero-order chi connectivity index (χ0) is 14.7. The summed E-state index contributed by atoms with van der Waals surface area (Å²) in [7, 11) is 0. The minimum atomic E-state index is -0.222. The number of hydrogen-bond acceptors (Lipinski definition) is 4. The Kier molecular flexibility index (Phi) is 4.24. The molecule has 1 N–H and O–H groups in total. The maximum absolute atomic E-state index is 11.9. The van der Waals surface area contributed by atoms with E-state index in [2.05, 4.69) is 31.1 Å². The maximum atomic E-state index is 11.9. The predicted octanol–water partition coefficient (Wildman–Crippen LogP) is 2.97. The number of nitrogens with one attached hydrogen (secondary N) is 1. The van der Waals surface area contributed by atoms with Gasteiger partial charge in [0.25, 0.3) is 5.91 Å². The van der Waals surface area contributed by atoms with E-state index >= 15 is 0 Å². The lowest BCUT2D eigenvalue weighted by Gasteiger charge is -2.16. The highest BCUT2D eigenvalue weighted by Crippen LogP contribution is 2.18. The Morgan fingerprint density at radius 1 is 1.33 bits per heavy atom. The molecule has 0 saturated carbocycles. The van der Waals surface area contributed by atoms with Crippen molar-refractivity contribution in [1.82, 2.24) is 10.3 Å². The molecule has 0 atom stereocenters. The van der Waals surface area contributed by atoms with Crippen molar-refractivity contribution < 1.29 is 9.21 Å². The fourth-order valence-electron chi connectivity index (χ4n) is 2.40. The van der Waals surface area contributed by atoms with Gasteiger partial charge in [0.1, 0.15) is 5.82 Å². The lowest BCUT2D eigenvalue weighted by molar-refractivity contribution is 0.0922. The lowest BCUT2D eigenvalue weighted by atomic mass is 10.2. The van der Waals surface area contributed by atoms with Gasteiger partial charge < -0.3 is 14.6 Å². The first-order chi connectivity index (χ1) is 10.2. The molecule has 0 bridgehead atoms. The molecule has 3 heterocycles. The van der Waals surface area contributed by atoms with Crippen LogP contribution >= 0.6 is 15.9 Å². The molecule has 1 aliphatic heterocycles. The first-order valence-electron chi connectivity index (χ1n) is 6.96. The molecular formula is C15H16BrN3O2. The summed E-state index contributed by atoms with van der Waals surface area (Å²) >= 11 is 3.18. The number of rotatable bonds is 4. The third kappa shape index (κ3) is 3.44. The van der Waals surface area contributed by atoms with E-state index in [9.17, 15) is 4.79 Å². The third-order valence-corrected chi connectivity index (χ3v) is 3.92. The molecule has 1 saturated heterocycles. The molecule has 5 nitrogen and oxygen atoms in total. The van der Waals surface area contributed by atoms with E-state index < -0.39 is 0 Å². The Labute approximate surface area is 131 Å². The summed E-state index contributed by atoms with van der Waals surface area (Å²) in [5.41, 5.74) is 1.03. The van der Waals surface area contributed by atoms with E-state index in [1.54, 1.807) is 18.3 Å². The Morgan fingerprint density at radius 2 is 2.14 bits per heavy atom. The third-order valence-electron chi connectivity index (χ3n) is 3.49.